The van der Waals surface area contributed by atoms with Crippen LogP contribution in [0.3, 0.4) is 0 Å². The first-order valence-corrected chi connectivity index (χ1v) is 8.21. The first-order chi connectivity index (χ1) is 9.29. The number of hydrogen-bond acceptors (Lipinski definition) is 3. The second kappa shape index (κ2) is 5.54. The third-order valence-corrected chi connectivity index (χ3v) is 4.94. The molecule has 1 fully saturated rings. The summed E-state index contributed by atoms with van der Waals surface area (Å²) < 4.78 is 26.4. The predicted molar refractivity (Wildman–Crippen MR) is 77.8 cm³/mol. The van der Waals surface area contributed by atoms with Gasteiger partial charge in [0.05, 0.1) is 4.90 Å². The predicted octanol–water partition coefficient (Wildman–Crippen LogP) is 1.97. The molecule has 0 unspecified atom stereocenters. The summed E-state index contributed by atoms with van der Waals surface area (Å²) in [5, 5.41) is 2.80. The van der Waals surface area contributed by atoms with Crippen molar-refractivity contribution in [2.24, 2.45) is 11.8 Å². The van der Waals surface area contributed by atoms with E-state index in [4.69, 9.17) is 0 Å². The van der Waals surface area contributed by atoms with E-state index in [0.717, 1.165) is 6.42 Å². The van der Waals surface area contributed by atoms with Crippen LogP contribution >= 0.6 is 0 Å². The molecule has 1 aliphatic carbocycles. The fourth-order valence-corrected chi connectivity index (χ4v) is 3.27. The molecular formula is C14H20N2O3S. The number of sulfonamides is 1. The van der Waals surface area contributed by atoms with Crippen molar-refractivity contribution in [3.63, 3.8) is 0 Å². The van der Waals surface area contributed by atoms with Gasteiger partial charge in [0.2, 0.25) is 15.9 Å². The van der Waals surface area contributed by atoms with E-state index in [1.807, 2.05) is 6.92 Å². The van der Waals surface area contributed by atoms with Gasteiger partial charge in [-0.15, -0.1) is 0 Å². The van der Waals surface area contributed by atoms with Gasteiger partial charge in [-0.2, -0.15) is 0 Å². The molecule has 110 valence electrons. The zero-order chi connectivity index (χ0) is 14.9. The lowest BCUT2D eigenvalue weighted by molar-refractivity contribution is -0.117. The highest BCUT2D eigenvalue weighted by Gasteiger charge is 2.39. The Balaban J connectivity index is 2.04. The Labute approximate surface area is 119 Å². The van der Waals surface area contributed by atoms with Crippen LogP contribution in [0.15, 0.2) is 29.2 Å². The second-order valence-corrected chi connectivity index (χ2v) is 7.32. The van der Waals surface area contributed by atoms with Crippen LogP contribution in [0.25, 0.3) is 0 Å². The second-order valence-electron chi connectivity index (χ2n) is 5.61. The molecule has 2 N–H and O–H groups in total. The molecule has 0 bridgehead atoms. The largest absolute Gasteiger partial charge is 0.326 e. The molecule has 20 heavy (non-hydrogen) atoms. The van der Waals surface area contributed by atoms with Crippen molar-refractivity contribution >= 4 is 21.6 Å². The zero-order valence-electron chi connectivity index (χ0n) is 11.9. The summed E-state index contributed by atoms with van der Waals surface area (Å²) in [6, 6.07) is 6.06. The van der Waals surface area contributed by atoms with Gasteiger partial charge in [0.15, 0.2) is 0 Å². The van der Waals surface area contributed by atoms with Gasteiger partial charge >= 0.3 is 0 Å². The van der Waals surface area contributed by atoms with Gasteiger partial charge in [0.25, 0.3) is 0 Å². The lowest BCUT2D eigenvalue weighted by atomic mass is 10.3. The van der Waals surface area contributed by atoms with Crippen LogP contribution < -0.4 is 10.0 Å². The highest BCUT2D eigenvalue weighted by Crippen LogP contribution is 2.38. The molecule has 0 aromatic heterocycles. The first-order valence-electron chi connectivity index (χ1n) is 6.73. The minimum atomic E-state index is -3.48. The van der Waals surface area contributed by atoms with E-state index in [1.165, 1.54) is 12.1 Å². The topological polar surface area (TPSA) is 75.3 Å². The molecule has 0 heterocycles. The van der Waals surface area contributed by atoms with Gasteiger partial charge in [-0.25, -0.2) is 13.1 Å². The molecule has 0 saturated heterocycles. The van der Waals surface area contributed by atoms with Crippen molar-refractivity contribution in [1.29, 1.82) is 0 Å². The Morgan fingerprint density at radius 1 is 1.25 bits per heavy atom. The molecule has 2 rings (SSSR count). The first kappa shape index (κ1) is 15.0. The summed E-state index contributed by atoms with van der Waals surface area (Å²) in [6.45, 7) is 5.57. The van der Waals surface area contributed by atoms with Crippen LogP contribution in [-0.4, -0.2) is 20.4 Å². The van der Waals surface area contributed by atoms with E-state index in [2.05, 4.69) is 10.0 Å². The van der Waals surface area contributed by atoms with Gasteiger partial charge in [-0.05, 0) is 50.5 Å². The third-order valence-electron chi connectivity index (χ3n) is 3.27. The summed E-state index contributed by atoms with van der Waals surface area (Å²) in [7, 11) is -3.48. The van der Waals surface area contributed by atoms with E-state index in [0.29, 0.717) is 11.6 Å². The van der Waals surface area contributed by atoms with Gasteiger partial charge in [0, 0.05) is 17.6 Å². The highest BCUT2D eigenvalue weighted by atomic mass is 32.2. The number of anilines is 1. The summed E-state index contributed by atoms with van der Waals surface area (Å²) in [6.07, 6.45) is 0.927. The molecule has 1 saturated carbocycles. The zero-order valence-corrected chi connectivity index (χ0v) is 12.7. The van der Waals surface area contributed by atoms with Crippen molar-refractivity contribution < 1.29 is 13.2 Å². The van der Waals surface area contributed by atoms with Crippen molar-refractivity contribution in [3.8, 4) is 0 Å². The van der Waals surface area contributed by atoms with Gasteiger partial charge in [0.1, 0.15) is 0 Å². The summed E-state index contributed by atoms with van der Waals surface area (Å²) >= 11 is 0. The van der Waals surface area contributed by atoms with Gasteiger partial charge in [-0.1, -0.05) is 6.92 Å². The summed E-state index contributed by atoms with van der Waals surface area (Å²) in [5.74, 6) is 0.555. The smallest absolute Gasteiger partial charge is 0.240 e. The quantitative estimate of drug-likeness (QED) is 0.872. The Hall–Kier alpha value is -1.40. The number of carbonyl (C=O) groups is 1. The molecule has 1 aliphatic rings. The van der Waals surface area contributed by atoms with Gasteiger partial charge < -0.3 is 5.32 Å². The van der Waals surface area contributed by atoms with Crippen LogP contribution in [0.1, 0.15) is 27.2 Å². The lowest BCUT2D eigenvalue weighted by Gasteiger charge is -2.10. The number of hydrogen-bond donors (Lipinski definition) is 2. The molecule has 1 aromatic rings. The molecule has 2 atom stereocenters. The normalized spacial score (nSPS) is 21.8. The Morgan fingerprint density at radius 2 is 1.80 bits per heavy atom. The number of rotatable bonds is 5. The Morgan fingerprint density at radius 3 is 2.25 bits per heavy atom. The van der Waals surface area contributed by atoms with E-state index >= 15 is 0 Å². The van der Waals surface area contributed by atoms with Crippen LogP contribution in [0, 0.1) is 11.8 Å². The molecule has 0 radical (unpaired) electrons. The van der Waals surface area contributed by atoms with E-state index in [-0.39, 0.29) is 22.8 Å². The molecule has 6 heteroatoms. The van der Waals surface area contributed by atoms with Crippen molar-refractivity contribution in [2.75, 3.05) is 5.32 Å². The monoisotopic (exact) mass is 296 g/mol. The lowest BCUT2D eigenvalue weighted by Crippen LogP contribution is -2.30. The summed E-state index contributed by atoms with van der Waals surface area (Å²) in [4.78, 5) is 12.0. The number of benzene rings is 1. The fourth-order valence-electron chi connectivity index (χ4n) is 2.02. The molecular weight excluding hydrogens is 276 g/mol. The van der Waals surface area contributed by atoms with E-state index in [9.17, 15) is 13.2 Å². The van der Waals surface area contributed by atoms with Crippen LogP contribution in [0.2, 0.25) is 0 Å². The minimum Gasteiger partial charge on any atom is -0.326 e. The van der Waals surface area contributed by atoms with Gasteiger partial charge in [-0.3, -0.25) is 4.79 Å². The SMILES string of the molecule is CC(C)NS(=O)(=O)c1ccc(NC(=O)[C@@H]2C[C@@H]2C)cc1. The van der Waals surface area contributed by atoms with Crippen LogP contribution in [0.5, 0.6) is 0 Å². The standard InChI is InChI=1S/C14H20N2O3S/c1-9(2)16-20(18,19)12-6-4-11(5-7-12)15-14(17)13-8-10(13)3/h4-7,9-10,13,16H,8H2,1-3H3,(H,15,17)/t10-,13+/m0/s1. The average molecular weight is 296 g/mol. The molecule has 1 aromatic carbocycles. The molecule has 5 nitrogen and oxygen atoms in total. The van der Waals surface area contributed by atoms with Crippen molar-refractivity contribution in [2.45, 2.75) is 38.1 Å². The Kier molecular flexibility index (Phi) is 4.15. The number of amides is 1. The Bertz CT molecular complexity index is 593. The number of nitrogens with one attached hydrogen (secondary N) is 2. The maximum Gasteiger partial charge on any atom is 0.240 e. The van der Waals surface area contributed by atoms with Crippen molar-refractivity contribution in [3.05, 3.63) is 24.3 Å². The third kappa shape index (κ3) is 3.58. The maximum absolute atomic E-state index is 11.9. The van der Waals surface area contributed by atoms with E-state index in [1.54, 1.807) is 26.0 Å². The highest BCUT2D eigenvalue weighted by molar-refractivity contribution is 7.89. The summed E-state index contributed by atoms with van der Waals surface area (Å²) in [5.41, 5.74) is 0.623. The minimum absolute atomic E-state index is 0.00779. The molecule has 1 amide bonds. The molecule has 0 aliphatic heterocycles. The van der Waals surface area contributed by atoms with Crippen molar-refractivity contribution in [1.82, 2.24) is 4.72 Å². The number of carbonyl (C=O) groups excluding carboxylic acids is 1. The average Bonchev–Trinajstić information content (AvgIpc) is 3.05. The van der Waals surface area contributed by atoms with Crippen LogP contribution in [0.4, 0.5) is 5.69 Å². The molecule has 0 spiro atoms. The van der Waals surface area contributed by atoms with Crippen LogP contribution in [-0.2, 0) is 14.8 Å². The fraction of sp³-hybridized carbons (Fsp3) is 0.500. The van der Waals surface area contributed by atoms with E-state index < -0.39 is 10.0 Å². The maximum atomic E-state index is 11.9.